The Bertz CT molecular complexity index is 1220. The van der Waals surface area contributed by atoms with Crippen LogP contribution in [0.4, 0.5) is 5.69 Å². The SMILES string of the molecule is COC(=O)c1cc(C#N)c(NC2CCCCC2)c2oc3ccc(Cl)cc3c(=O)c12. The summed E-state index contributed by atoms with van der Waals surface area (Å²) in [6, 6.07) is 8.44. The van der Waals surface area contributed by atoms with Gasteiger partial charge in [-0.3, -0.25) is 4.79 Å². The molecule has 0 radical (unpaired) electrons. The van der Waals surface area contributed by atoms with Gasteiger partial charge in [-0.1, -0.05) is 30.9 Å². The summed E-state index contributed by atoms with van der Waals surface area (Å²) in [5, 5.41) is 13.9. The molecule has 2 aromatic carbocycles. The highest BCUT2D eigenvalue weighted by molar-refractivity contribution is 6.31. The van der Waals surface area contributed by atoms with Gasteiger partial charge in [-0.15, -0.1) is 0 Å². The van der Waals surface area contributed by atoms with Crippen molar-refractivity contribution in [3.8, 4) is 6.07 Å². The quantitative estimate of drug-likeness (QED) is 0.482. The minimum atomic E-state index is -0.704. The zero-order valence-electron chi connectivity index (χ0n) is 15.9. The number of nitriles is 1. The predicted molar refractivity (Wildman–Crippen MR) is 112 cm³/mol. The van der Waals surface area contributed by atoms with Gasteiger partial charge < -0.3 is 14.5 Å². The number of methoxy groups -OCH3 is 1. The summed E-state index contributed by atoms with van der Waals surface area (Å²) in [5.74, 6) is -0.704. The molecule has 1 saturated carbocycles. The van der Waals surface area contributed by atoms with E-state index >= 15 is 0 Å². The molecule has 1 aromatic heterocycles. The smallest absolute Gasteiger partial charge is 0.338 e. The van der Waals surface area contributed by atoms with Crippen LogP contribution in [0.3, 0.4) is 0 Å². The van der Waals surface area contributed by atoms with Crippen LogP contribution < -0.4 is 10.7 Å². The molecule has 0 amide bonds. The first kappa shape index (κ1) is 19.3. The van der Waals surface area contributed by atoms with Crippen LogP contribution in [0, 0.1) is 11.3 Å². The third kappa shape index (κ3) is 3.43. The number of ether oxygens (including phenoxy) is 1. The second-order valence-electron chi connectivity index (χ2n) is 7.21. The molecule has 1 heterocycles. The van der Waals surface area contributed by atoms with Gasteiger partial charge in [-0.05, 0) is 37.1 Å². The predicted octanol–water partition coefficient (Wildman–Crippen LogP) is 5.00. The molecular formula is C22H19ClN2O4. The first-order valence-electron chi connectivity index (χ1n) is 9.51. The lowest BCUT2D eigenvalue weighted by molar-refractivity contribution is 0.0603. The van der Waals surface area contributed by atoms with E-state index in [1.807, 2.05) is 0 Å². The molecule has 0 aliphatic heterocycles. The third-order valence-corrected chi connectivity index (χ3v) is 5.62. The van der Waals surface area contributed by atoms with E-state index in [0.29, 0.717) is 16.3 Å². The summed E-state index contributed by atoms with van der Waals surface area (Å²) in [5.41, 5.74) is 0.819. The molecular weight excluding hydrogens is 392 g/mol. The number of fused-ring (bicyclic) bond motifs is 2. The number of hydrogen-bond acceptors (Lipinski definition) is 6. The monoisotopic (exact) mass is 410 g/mol. The van der Waals surface area contributed by atoms with Crippen LogP contribution in [0.1, 0.15) is 48.0 Å². The molecule has 7 heteroatoms. The van der Waals surface area contributed by atoms with Crippen LogP contribution in [-0.4, -0.2) is 19.1 Å². The maximum absolute atomic E-state index is 13.3. The summed E-state index contributed by atoms with van der Waals surface area (Å²) < 4.78 is 10.9. The molecule has 29 heavy (non-hydrogen) atoms. The van der Waals surface area contributed by atoms with Gasteiger partial charge in [0.05, 0.1) is 34.7 Å². The summed E-state index contributed by atoms with van der Waals surface area (Å²) >= 11 is 6.05. The van der Waals surface area contributed by atoms with Gasteiger partial charge in [-0.25, -0.2) is 4.79 Å². The van der Waals surface area contributed by atoms with Crippen LogP contribution >= 0.6 is 11.6 Å². The lowest BCUT2D eigenvalue weighted by Crippen LogP contribution is -2.23. The van der Waals surface area contributed by atoms with Crippen molar-refractivity contribution in [3.63, 3.8) is 0 Å². The Hall–Kier alpha value is -3.04. The van der Waals surface area contributed by atoms with Gasteiger partial charge in [-0.2, -0.15) is 5.26 Å². The normalized spacial score (nSPS) is 14.7. The maximum atomic E-state index is 13.3. The maximum Gasteiger partial charge on any atom is 0.338 e. The van der Waals surface area contributed by atoms with E-state index in [4.69, 9.17) is 20.8 Å². The highest BCUT2D eigenvalue weighted by Crippen LogP contribution is 2.34. The van der Waals surface area contributed by atoms with Gasteiger partial charge in [0.25, 0.3) is 0 Å². The molecule has 1 N–H and O–H groups in total. The van der Waals surface area contributed by atoms with Crippen molar-refractivity contribution in [2.24, 2.45) is 0 Å². The van der Waals surface area contributed by atoms with Crippen LogP contribution in [0.5, 0.6) is 0 Å². The highest BCUT2D eigenvalue weighted by Gasteiger charge is 2.25. The molecule has 4 rings (SSSR count). The van der Waals surface area contributed by atoms with Gasteiger partial charge in [0, 0.05) is 11.1 Å². The Kier molecular flexibility index (Phi) is 5.16. The number of carbonyl (C=O) groups is 1. The van der Waals surface area contributed by atoms with Gasteiger partial charge in [0.1, 0.15) is 11.7 Å². The fourth-order valence-corrected chi connectivity index (χ4v) is 4.12. The number of nitrogens with one attached hydrogen (secondary N) is 1. The number of rotatable bonds is 3. The van der Waals surface area contributed by atoms with E-state index < -0.39 is 5.97 Å². The first-order chi connectivity index (χ1) is 14.0. The Morgan fingerprint density at radius 3 is 2.72 bits per heavy atom. The number of anilines is 1. The van der Waals surface area contributed by atoms with E-state index in [2.05, 4.69) is 11.4 Å². The largest absolute Gasteiger partial charge is 0.465 e. The molecule has 1 aliphatic rings. The van der Waals surface area contributed by atoms with Gasteiger partial charge >= 0.3 is 5.97 Å². The van der Waals surface area contributed by atoms with Crippen molar-refractivity contribution in [2.75, 3.05) is 12.4 Å². The van der Waals surface area contributed by atoms with Crippen LogP contribution in [0.15, 0.2) is 33.5 Å². The third-order valence-electron chi connectivity index (χ3n) is 5.39. The van der Waals surface area contributed by atoms with Crippen LogP contribution in [0.2, 0.25) is 5.02 Å². The van der Waals surface area contributed by atoms with E-state index in [0.717, 1.165) is 25.7 Å². The van der Waals surface area contributed by atoms with Crippen molar-refractivity contribution in [3.05, 3.63) is 50.6 Å². The molecule has 0 atom stereocenters. The molecule has 3 aromatic rings. The number of nitrogens with zero attached hydrogens (tertiary/aromatic N) is 1. The Balaban J connectivity index is 2.07. The fourth-order valence-electron chi connectivity index (χ4n) is 3.95. The summed E-state index contributed by atoms with van der Waals surface area (Å²) in [4.78, 5) is 25.7. The minimum absolute atomic E-state index is 0.00358. The minimum Gasteiger partial charge on any atom is -0.465 e. The lowest BCUT2D eigenvalue weighted by atomic mass is 9.94. The van der Waals surface area contributed by atoms with Crippen molar-refractivity contribution in [2.45, 2.75) is 38.1 Å². The Labute approximate surface area is 172 Å². The second kappa shape index (κ2) is 7.76. The van der Waals surface area contributed by atoms with E-state index in [-0.39, 0.29) is 39.0 Å². The van der Waals surface area contributed by atoms with Crippen LogP contribution in [-0.2, 0) is 4.74 Å². The van der Waals surface area contributed by atoms with E-state index in [1.54, 1.807) is 12.1 Å². The zero-order valence-corrected chi connectivity index (χ0v) is 16.6. The summed E-state index contributed by atoms with van der Waals surface area (Å²) in [6.07, 6.45) is 5.33. The lowest BCUT2D eigenvalue weighted by Gasteiger charge is -2.25. The number of hydrogen-bond donors (Lipinski definition) is 1. The molecule has 0 saturated heterocycles. The topological polar surface area (TPSA) is 92.3 Å². The molecule has 148 valence electrons. The second-order valence-corrected chi connectivity index (χ2v) is 7.64. The van der Waals surface area contributed by atoms with Crippen LogP contribution in [0.25, 0.3) is 21.9 Å². The van der Waals surface area contributed by atoms with Gasteiger partial charge in [0.15, 0.2) is 5.58 Å². The number of benzene rings is 2. The molecule has 0 unspecified atom stereocenters. The Morgan fingerprint density at radius 2 is 2.03 bits per heavy atom. The van der Waals surface area contributed by atoms with Gasteiger partial charge in [0.2, 0.25) is 5.43 Å². The van der Waals surface area contributed by atoms with Crippen molar-refractivity contribution in [1.29, 1.82) is 5.26 Å². The number of esters is 1. The highest BCUT2D eigenvalue weighted by atomic mass is 35.5. The number of halogens is 1. The molecule has 6 nitrogen and oxygen atoms in total. The van der Waals surface area contributed by atoms with E-state index in [1.165, 1.54) is 25.7 Å². The summed E-state index contributed by atoms with van der Waals surface area (Å²) in [7, 11) is 1.23. The summed E-state index contributed by atoms with van der Waals surface area (Å²) in [6.45, 7) is 0. The zero-order chi connectivity index (χ0) is 20.5. The molecule has 1 aliphatic carbocycles. The number of carbonyl (C=O) groups excluding carboxylic acids is 1. The standard InChI is InChI=1S/C22H19ClN2O4/c1-28-22(27)16-9-12(11-24)19(25-14-5-3-2-4-6-14)21-18(16)20(26)15-10-13(23)7-8-17(15)29-21/h7-10,14,25H,2-6H2,1H3. The van der Waals surface area contributed by atoms with Crippen molar-refractivity contribution >= 4 is 45.2 Å². The van der Waals surface area contributed by atoms with Crippen molar-refractivity contribution in [1.82, 2.24) is 0 Å². The Morgan fingerprint density at radius 1 is 1.28 bits per heavy atom. The average Bonchev–Trinajstić information content (AvgIpc) is 2.75. The van der Waals surface area contributed by atoms with Crippen molar-refractivity contribution < 1.29 is 13.9 Å². The average molecular weight is 411 g/mol. The molecule has 0 bridgehead atoms. The fraction of sp³-hybridized carbons (Fsp3) is 0.318. The molecule has 1 fully saturated rings. The van der Waals surface area contributed by atoms with E-state index in [9.17, 15) is 14.9 Å². The first-order valence-corrected chi connectivity index (χ1v) is 9.89. The molecule has 0 spiro atoms.